The highest BCUT2D eigenvalue weighted by atomic mass is 32.2. The van der Waals surface area contributed by atoms with Crippen LogP contribution in [-0.4, -0.2) is 88.4 Å². The summed E-state index contributed by atoms with van der Waals surface area (Å²) in [5, 5.41) is 9.16. The number of halogens is 4. The maximum absolute atomic E-state index is 15.8. The molecule has 5 heterocycles. The zero-order valence-electron chi connectivity index (χ0n) is 27.7. The lowest BCUT2D eigenvalue weighted by atomic mass is 10.1. The number of carbonyl (C=O) groups excluding carboxylic acids is 2. The lowest BCUT2D eigenvalue weighted by Gasteiger charge is -2.31. The van der Waals surface area contributed by atoms with E-state index in [2.05, 4.69) is 35.1 Å². The molecule has 0 radical (unpaired) electrons. The van der Waals surface area contributed by atoms with Crippen molar-refractivity contribution in [2.75, 3.05) is 35.2 Å². The van der Waals surface area contributed by atoms with Crippen molar-refractivity contribution in [3.63, 3.8) is 0 Å². The van der Waals surface area contributed by atoms with Crippen LogP contribution in [0.1, 0.15) is 45.0 Å². The number of carbonyl (C=O) groups is 2. The predicted molar refractivity (Wildman–Crippen MR) is 169 cm³/mol. The first-order chi connectivity index (χ1) is 24.4. The van der Waals surface area contributed by atoms with Gasteiger partial charge in [0.2, 0.25) is 5.82 Å². The molecule has 1 N–H and O–H groups in total. The largest absolute Gasteiger partial charge is 0.455 e. The number of anilines is 2. The number of pyridine rings is 1. The van der Waals surface area contributed by atoms with Gasteiger partial charge in [0.25, 0.3) is 17.6 Å². The summed E-state index contributed by atoms with van der Waals surface area (Å²) in [4.78, 5) is 40.9. The number of nitrogens with one attached hydrogen (secondary N) is 1. The first-order valence-corrected chi connectivity index (χ1v) is 17.5. The number of aromatic nitrogens is 5. The van der Waals surface area contributed by atoms with Crippen LogP contribution >= 0.6 is 0 Å². The molecule has 2 amide bonds. The van der Waals surface area contributed by atoms with Crippen LogP contribution < -0.4 is 15.1 Å². The van der Waals surface area contributed by atoms with Gasteiger partial charge in [0, 0.05) is 12.7 Å². The molecule has 1 saturated carbocycles. The second-order valence-corrected chi connectivity index (χ2v) is 15.5. The highest BCUT2D eigenvalue weighted by Crippen LogP contribution is 2.43. The Balaban J connectivity index is 1.25. The SMILES string of the molecule is CC(C)(C)OC(=O)N[C@H]1CS(=O)(=O)c2cc(F)c(-c3noc(N4CCOC5(CC5)C4)n3)cc2N(Cc2ccc(-c3nc(C(F)(F)F)no3)nc2)C1=O. The Morgan fingerprint density at radius 1 is 1.12 bits per heavy atom. The number of benzene rings is 1. The second kappa shape index (κ2) is 12.5. The third kappa shape index (κ3) is 7.14. The van der Waals surface area contributed by atoms with E-state index in [0.717, 1.165) is 29.9 Å². The van der Waals surface area contributed by atoms with Crippen LogP contribution in [0.5, 0.6) is 0 Å². The number of rotatable bonds is 6. The molecule has 1 aliphatic carbocycles. The second-order valence-electron chi connectivity index (χ2n) is 13.5. The van der Waals surface area contributed by atoms with Crippen molar-refractivity contribution in [1.82, 2.24) is 30.6 Å². The summed E-state index contributed by atoms with van der Waals surface area (Å²) in [6.07, 6.45) is -2.98. The Labute approximate surface area is 292 Å². The summed E-state index contributed by atoms with van der Waals surface area (Å²) < 4.78 is 104. The molecule has 276 valence electrons. The summed E-state index contributed by atoms with van der Waals surface area (Å²) in [5.41, 5.74) is -1.69. The van der Waals surface area contributed by atoms with Crippen molar-refractivity contribution in [1.29, 1.82) is 0 Å². The zero-order chi connectivity index (χ0) is 37.2. The number of nitrogens with zero attached hydrogens (tertiary/aromatic N) is 7. The zero-order valence-corrected chi connectivity index (χ0v) is 28.5. The Bertz CT molecular complexity index is 2150. The van der Waals surface area contributed by atoms with Gasteiger partial charge in [-0.05, 0) is 57.4 Å². The minimum absolute atomic E-state index is 0.107. The van der Waals surface area contributed by atoms with Crippen LogP contribution in [-0.2, 0) is 36.8 Å². The molecule has 16 nitrogen and oxygen atoms in total. The van der Waals surface area contributed by atoms with Gasteiger partial charge in [0.15, 0.2) is 9.84 Å². The van der Waals surface area contributed by atoms with Crippen LogP contribution in [0, 0.1) is 5.82 Å². The van der Waals surface area contributed by atoms with Crippen molar-refractivity contribution in [2.24, 2.45) is 0 Å². The Morgan fingerprint density at radius 3 is 2.54 bits per heavy atom. The van der Waals surface area contributed by atoms with Gasteiger partial charge in [0.05, 0.1) is 47.2 Å². The lowest BCUT2D eigenvalue weighted by molar-refractivity contribution is -0.146. The smallest absolute Gasteiger partial charge is 0.444 e. The maximum Gasteiger partial charge on any atom is 0.455 e. The molecule has 7 rings (SSSR count). The van der Waals surface area contributed by atoms with E-state index in [1.54, 1.807) is 20.8 Å². The number of ether oxygens (including phenoxy) is 2. The van der Waals surface area contributed by atoms with Gasteiger partial charge >= 0.3 is 18.3 Å². The van der Waals surface area contributed by atoms with E-state index in [4.69, 9.17) is 14.0 Å². The molecular formula is C31H30F4N8O8S. The molecule has 3 aliphatic rings. The first kappa shape index (κ1) is 35.2. The van der Waals surface area contributed by atoms with E-state index in [1.165, 1.54) is 18.3 Å². The fourth-order valence-corrected chi connectivity index (χ4v) is 7.37. The van der Waals surface area contributed by atoms with Crippen LogP contribution in [0.25, 0.3) is 23.0 Å². The Kier molecular flexibility index (Phi) is 8.47. The molecule has 4 aromatic rings. The number of hydrogen-bond donors (Lipinski definition) is 1. The van der Waals surface area contributed by atoms with Crippen LogP contribution in [0.3, 0.4) is 0 Å². The maximum atomic E-state index is 15.8. The molecule has 3 aromatic heterocycles. The normalized spacial score (nSPS) is 19.7. The molecule has 1 aromatic carbocycles. The minimum Gasteiger partial charge on any atom is -0.444 e. The highest BCUT2D eigenvalue weighted by molar-refractivity contribution is 7.91. The third-order valence-electron chi connectivity index (χ3n) is 8.36. The molecule has 0 unspecified atom stereocenters. The quantitative estimate of drug-likeness (QED) is 0.279. The van der Waals surface area contributed by atoms with Crippen LogP contribution in [0.4, 0.5) is 34.1 Å². The number of alkyl carbamates (subject to hydrolysis) is 1. The van der Waals surface area contributed by atoms with Gasteiger partial charge in [0.1, 0.15) is 23.2 Å². The Morgan fingerprint density at radius 2 is 1.88 bits per heavy atom. The average Bonchev–Trinajstić information content (AvgIpc) is 3.43. The van der Waals surface area contributed by atoms with Gasteiger partial charge in [-0.15, -0.1) is 0 Å². The van der Waals surface area contributed by atoms with Crippen molar-refractivity contribution >= 4 is 33.5 Å². The molecule has 1 atom stereocenters. The number of amides is 2. The highest BCUT2D eigenvalue weighted by Gasteiger charge is 2.48. The topological polar surface area (TPSA) is 196 Å². The van der Waals surface area contributed by atoms with E-state index >= 15 is 4.39 Å². The molecule has 52 heavy (non-hydrogen) atoms. The first-order valence-electron chi connectivity index (χ1n) is 15.9. The van der Waals surface area contributed by atoms with Crippen LogP contribution in [0.15, 0.2) is 44.4 Å². The number of hydrogen-bond acceptors (Lipinski definition) is 14. The molecule has 2 fully saturated rings. The summed E-state index contributed by atoms with van der Waals surface area (Å²) in [6.45, 7) is 5.71. The average molecular weight is 751 g/mol. The Hall–Kier alpha value is -5.18. The monoisotopic (exact) mass is 750 g/mol. The van der Waals surface area contributed by atoms with Gasteiger partial charge in [-0.1, -0.05) is 16.4 Å². The van der Waals surface area contributed by atoms with E-state index in [9.17, 15) is 31.2 Å². The van der Waals surface area contributed by atoms with Gasteiger partial charge < -0.3 is 33.6 Å². The van der Waals surface area contributed by atoms with Gasteiger partial charge in [-0.2, -0.15) is 23.1 Å². The molecule has 2 aliphatic heterocycles. The predicted octanol–water partition coefficient (Wildman–Crippen LogP) is 3.92. The fourth-order valence-electron chi connectivity index (χ4n) is 5.75. The van der Waals surface area contributed by atoms with Crippen molar-refractivity contribution in [3.05, 3.63) is 47.7 Å². The molecule has 21 heteroatoms. The molecule has 0 bridgehead atoms. The van der Waals surface area contributed by atoms with E-state index in [-0.39, 0.29) is 39.9 Å². The lowest BCUT2D eigenvalue weighted by Crippen LogP contribution is -2.51. The summed E-state index contributed by atoms with van der Waals surface area (Å²) >= 11 is 0. The third-order valence-corrected chi connectivity index (χ3v) is 10.1. The molecule has 1 saturated heterocycles. The fraction of sp³-hybridized carbons (Fsp3) is 0.452. The van der Waals surface area contributed by atoms with E-state index < -0.39 is 74.4 Å². The van der Waals surface area contributed by atoms with Gasteiger partial charge in [-0.25, -0.2) is 17.6 Å². The standard InChI is InChI=1S/C31H30F4N8O8S/c1-29(2,3)49-28(45)37-20-14-52(46,47)22-11-18(32)17(23-38-27(51-40-23)42-8-9-48-30(15-42)6-7-30)10-21(22)43(25(20)44)13-16-4-5-19(36-12-16)24-39-26(41-50-24)31(33,34)35/h4-5,10-12,20H,6-9,13-15H2,1-3H3,(H,37,45)/t20-/m0/s1. The van der Waals surface area contributed by atoms with Crippen LogP contribution in [0.2, 0.25) is 0 Å². The van der Waals surface area contributed by atoms with Crippen molar-refractivity contribution in [2.45, 2.75) is 68.5 Å². The van der Waals surface area contributed by atoms with Crippen molar-refractivity contribution < 1.29 is 54.1 Å². The van der Waals surface area contributed by atoms with E-state index in [0.29, 0.717) is 19.7 Å². The number of sulfone groups is 1. The van der Waals surface area contributed by atoms with Crippen molar-refractivity contribution in [3.8, 4) is 23.0 Å². The number of alkyl halides is 3. The van der Waals surface area contributed by atoms with E-state index in [1.807, 2.05) is 4.90 Å². The number of morpholine rings is 1. The van der Waals surface area contributed by atoms with Gasteiger partial charge in [-0.3, -0.25) is 9.78 Å². The summed E-state index contributed by atoms with van der Waals surface area (Å²) in [5.74, 6) is -5.10. The number of fused-ring (bicyclic) bond motifs is 1. The summed E-state index contributed by atoms with van der Waals surface area (Å²) in [7, 11) is -4.46. The summed E-state index contributed by atoms with van der Waals surface area (Å²) in [6, 6.07) is 2.91. The molecule has 1 spiro atoms. The molecular weight excluding hydrogens is 720 g/mol. The minimum atomic E-state index is -4.85.